The molecule has 4 heteroatoms. The number of carbonyl (C=O) groups is 1. The smallest absolute Gasteiger partial charge is 0.251 e. The second-order valence-corrected chi connectivity index (χ2v) is 5.84. The average molecular weight is 290 g/mol. The highest BCUT2D eigenvalue weighted by Gasteiger charge is 2.13. The molecule has 0 aliphatic carbocycles. The van der Waals surface area contributed by atoms with Gasteiger partial charge in [0.1, 0.15) is 0 Å². The lowest BCUT2D eigenvalue weighted by Crippen LogP contribution is -2.34. The van der Waals surface area contributed by atoms with Crippen molar-refractivity contribution >= 4 is 17.7 Å². The van der Waals surface area contributed by atoms with Crippen molar-refractivity contribution in [3.8, 4) is 11.8 Å². The molecule has 0 saturated carbocycles. The van der Waals surface area contributed by atoms with E-state index in [0.29, 0.717) is 12.1 Å². The molecule has 3 N–H and O–H groups in total. The molecule has 3 nitrogen and oxygen atoms in total. The maximum atomic E-state index is 12.3. The molecule has 0 aliphatic rings. The quantitative estimate of drug-likeness (QED) is 0.817. The first-order valence-electron chi connectivity index (χ1n) is 6.77. The van der Waals surface area contributed by atoms with Gasteiger partial charge in [-0.05, 0) is 37.3 Å². The number of benzene rings is 1. The van der Waals surface area contributed by atoms with Gasteiger partial charge in [0.2, 0.25) is 0 Å². The molecule has 20 heavy (non-hydrogen) atoms. The third kappa shape index (κ3) is 4.92. The molecule has 1 aromatic carbocycles. The first-order chi connectivity index (χ1) is 9.60. The molecule has 1 amide bonds. The van der Waals surface area contributed by atoms with Gasteiger partial charge >= 0.3 is 0 Å². The van der Waals surface area contributed by atoms with Crippen LogP contribution in [0.1, 0.15) is 35.3 Å². The van der Waals surface area contributed by atoms with Gasteiger partial charge in [-0.3, -0.25) is 4.79 Å². The number of rotatable bonds is 5. The fraction of sp³-hybridized carbons (Fsp3) is 0.438. The number of amides is 1. The van der Waals surface area contributed by atoms with E-state index < -0.39 is 0 Å². The molecule has 0 heterocycles. The molecule has 1 aromatic rings. The van der Waals surface area contributed by atoms with E-state index in [2.05, 4.69) is 24.1 Å². The molecule has 0 aliphatic heterocycles. The summed E-state index contributed by atoms with van der Waals surface area (Å²) in [4.78, 5) is 12.3. The molecule has 108 valence electrons. The van der Waals surface area contributed by atoms with Gasteiger partial charge in [0, 0.05) is 22.9 Å². The Balaban J connectivity index is 2.83. The molecule has 0 radical (unpaired) electrons. The molecule has 0 aromatic heterocycles. The van der Waals surface area contributed by atoms with Crippen LogP contribution in [-0.4, -0.2) is 30.0 Å². The van der Waals surface area contributed by atoms with Crippen LogP contribution in [0.3, 0.4) is 0 Å². The van der Waals surface area contributed by atoms with E-state index in [4.69, 9.17) is 5.73 Å². The van der Waals surface area contributed by atoms with Crippen molar-refractivity contribution in [1.82, 2.24) is 5.32 Å². The number of hydrogen-bond acceptors (Lipinski definition) is 3. The third-order valence-electron chi connectivity index (χ3n) is 2.85. The van der Waals surface area contributed by atoms with Crippen LogP contribution >= 0.6 is 11.8 Å². The van der Waals surface area contributed by atoms with E-state index >= 15 is 0 Å². The topological polar surface area (TPSA) is 55.1 Å². The van der Waals surface area contributed by atoms with Crippen molar-refractivity contribution in [1.29, 1.82) is 0 Å². The molecule has 0 fully saturated rings. The lowest BCUT2D eigenvalue weighted by Gasteiger charge is -2.14. The average Bonchev–Trinajstić information content (AvgIpc) is 2.43. The Hall–Kier alpha value is -1.44. The lowest BCUT2D eigenvalue weighted by molar-refractivity contribution is 0.0943. The monoisotopic (exact) mass is 290 g/mol. The molecule has 1 rings (SSSR count). The number of hydrogen-bond donors (Lipinski definition) is 2. The molecule has 0 bridgehead atoms. The van der Waals surface area contributed by atoms with E-state index in [-0.39, 0.29) is 11.9 Å². The minimum atomic E-state index is -0.0388. The zero-order chi connectivity index (χ0) is 15.0. The van der Waals surface area contributed by atoms with Crippen LogP contribution < -0.4 is 11.1 Å². The van der Waals surface area contributed by atoms with Gasteiger partial charge in [0.25, 0.3) is 5.91 Å². The van der Waals surface area contributed by atoms with Crippen LogP contribution in [0, 0.1) is 18.8 Å². The van der Waals surface area contributed by atoms with E-state index in [1.807, 2.05) is 43.8 Å². The van der Waals surface area contributed by atoms with Crippen molar-refractivity contribution in [2.45, 2.75) is 26.8 Å². The van der Waals surface area contributed by atoms with E-state index in [0.717, 1.165) is 22.6 Å². The first-order valence-corrected chi connectivity index (χ1v) is 7.92. The number of nitrogens with two attached hydrogens (primary N) is 1. The SMILES string of the molecule is CCSCC(C)NC(=O)c1cccc(C#CCN)c1C. The van der Waals surface area contributed by atoms with Gasteiger partial charge in [-0.25, -0.2) is 0 Å². The Morgan fingerprint density at radius 3 is 2.90 bits per heavy atom. The van der Waals surface area contributed by atoms with Crippen LogP contribution in [0.15, 0.2) is 18.2 Å². The van der Waals surface area contributed by atoms with Crippen LogP contribution in [0.5, 0.6) is 0 Å². The van der Waals surface area contributed by atoms with Gasteiger partial charge in [0.05, 0.1) is 6.54 Å². The Morgan fingerprint density at radius 1 is 1.50 bits per heavy atom. The van der Waals surface area contributed by atoms with Crippen molar-refractivity contribution in [2.24, 2.45) is 5.73 Å². The molecule has 1 atom stereocenters. The van der Waals surface area contributed by atoms with Crippen LogP contribution in [-0.2, 0) is 0 Å². The largest absolute Gasteiger partial charge is 0.349 e. The lowest BCUT2D eigenvalue weighted by atomic mass is 10.0. The Labute approximate surface area is 125 Å². The van der Waals surface area contributed by atoms with Crippen molar-refractivity contribution in [2.75, 3.05) is 18.1 Å². The van der Waals surface area contributed by atoms with Gasteiger partial charge < -0.3 is 11.1 Å². The predicted octanol–water partition coefficient (Wildman–Crippen LogP) is 2.18. The Bertz CT molecular complexity index is 517. The van der Waals surface area contributed by atoms with E-state index in [1.54, 1.807) is 0 Å². The van der Waals surface area contributed by atoms with Crippen LogP contribution in [0.2, 0.25) is 0 Å². The number of thioether (sulfide) groups is 1. The predicted molar refractivity (Wildman–Crippen MR) is 87.0 cm³/mol. The second-order valence-electron chi connectivity index (χ2n) is 4.52. The summed E-state index contributed by atoms with van der Waals surface area (Å²) in [6.07, 6.45) is 0. The summed E-state index contributed by atoms with van der Waals surface area (Å²) < 4.78 is 0. The fourth-order valence-electron chi connectivity index (χ4n) is 1.80. The van der Waals surface area contributed by atoms with E-state index in [1.165, 1.54) is 0 Å². The maximum absolute atomic E-state index is 12.3. The normalized spacial score (nSPS) is 11.4. The first kappa shape index (κ1) is 16.6. The standard InChI is InChI=1S/C16H22N2OS/c1-4-20-11-12(2)18-16(19)15-9-5-7-14(13(15)3)8-6-10-17/h5,7,9,12H,4,10-11,17H2,1-3H3,(H,18,19). The summed E-state index contributed by atoms with van der Waals surface area (Å²) in [6, 6.07) is 5.75. The summed E-state index contributed by atoms with van der Waals surface area (Å²) in [5.41, 5.74) is 7.83. The van der Waals surface area contributed by atoms with E-state index in [9.17, 15) is 4.79 Å². The van der Waals surface area contributed by atoms with Crippen molar-refractivity contribution in [3.05, 3.63) is 34.9 Å². The summed E-state index contributed by atoms with van der Waals surface area (Å²) >= 11 is 1.82. The van der Waals surface area contributed by atoms with Crippen LogP contribution in [0.25, 0.3) is 0 Å². The summed E-state index contributed by atoms with van der Waals surface area (Å²) in [5.74, 6) is 7.76. The highest BCUT2D eigenvalue weighted by Crippen LogP contribution is 2.13. The Kier molecular flexibility index (Phi) is 7.21. The molecule has 0 saturated heterocycles. The molecular weight excluding hydrogens is 268 g/mol. The van der Waals surface area contributed by atoms with Crippen molar-refractivity contribution < 1.29 is 4.79 Å². The second kappa shape index (κ2) is 8.68. The summed E-state index contributed by atoms with van der Waals surface area (Å²) in [5, 5.41) is 3.02. The number of carbonyl (C=O) groups excluding carboxylic acids is 1. The van der Waals surface area contributed by atoms with Gasteiger partial charge in [-0.1, -0.05) is 24.8 Å². The third-order valence-corrected chi connectivity index (χ3v) is 4.00. The number of nitrogens with one attached hydrogen (secondary N) is 1. The fourth-order valence-corrected chi connectivity index (χ4v) is 2.47. The van der Waals surface area contributed by atoms with Gasteiger partial charge in [0.15, 0.2) is 0 Å². The molecular formula is C16H22N2OS. The Morgan fingerprint density at radius 2 is 2.25 bits per heavy atom. The minimum absolute atomic E-state index is 0.0388. The van der Waals surface area contributed by atoms with Gasteiger partial charge in [-0.2, -0.15) is 11.8 Å². The zero-order valence-corrected chi connectivity index (χ0v) is 13.1. The van der Waals surface area contributed by atoms with Gasteiger partial charge in [-0.15, -0.1) is 0 Å². The van der Waals surface area contributed by atoms with Crippen molar-refractivity contribution in [3.63, 3.8) is 0 Å². The van der Waals surface area contributed by atoms with Crippen LogP contribution in [0.4, 0.5) is 0 Å². The minimum Gasteiger partial charge on any atom is -0.349 e. The zero-order valence-electron chi connectivity index (χ0n) is 12.3. The molecule has 1 unspecified atom stereocenters. The highest BCUT2D eigenvalue weighted by atomic mass is 32.2. The highest BCUT2D eigenvalue weighted by molar-refractivity contribution is 7.99. The summed E-state index contributed by atoms with van der Waals surface area (Å²) in [7, 11) is 0. The summed E-state index contributed by atoms with van der Waals surface area (Å²) in [6.45, 7) is 6.37. The molecule has 0 spiro atoms. The maximum Gasteiger partial charge on any atom is 0.251 e.